The number of methoxy groups -OCH3 is 1. The molecule has 2 rings (SSSR count). The highest BCUT2D eigenvalue weighted by Crippen LogP contribution is 2.20. The lowest BCUT2D eigenvalue weighted by molar-refractivity contribution is 0.410. The maximum atomic E-state index is 5.70. The molecule has 0 fully saturated rings. The lowest BCUT2D eigenvalue weighted by Crippen LogP contribution is -2.01. The summed E-state index contributed by atoms with van der Waals surface area (Å²) in [5.74, 6) is 2.06. The van der Waals surface area contributed by atoms with Crippen LogP contribution in [0.1, 0.15) is 17.1 Å². The molecule has 4 nitrogen and oxygen atoms in total. The molecule has 0 atom stereocenters. The van der Waals surface area contributed by atoms with Crippen molar-refractivity contribution in [1.82, 2.24) is 9.97 Å². The van der Waals surface area contributed by atoms with Gasteiger partial charge in [-0.15, -0.1) is 0 Å². The highest BCUT2D eigenvalue weighted by molar-refractivity contribution is 5.38. The summed E-state index contributed by atoms with van der Waals surface area (Å²) in [6.07, 6.45) is 0.692. The van der Waals surface area contributed by atoms with Gasteiger partial charge < -0.3 is 10.5 Å². The molecule has 17 heavy (non-hydrogen) atoms. The molecule has 0 aliphatic carbocycles. The molecule has 0 saturated carbocycles. The van der Waals surface area contributed by atoms with Gasteiger partial charge in [0, 0.05) is 18.1 Å². The first-order valence-electron chi connectivity index (χ1n) is 5.41. The number of hydrogen-bond acceptors (Lipinski definition) is 4. The van der Waals surface area contributed by atoms with Crippen LogP contribution in [0.4, 0.5) is 5.82 Å². The molecule has 88 valence electrons. The summed E-state index contributed by atoms with van der Waals surface area (Å²) < 4.78 is 5.30. The Hall–Kier alpha value is -2.10. The van der Waals surface area contributed by atoms with E-state index in [-0.39, 0.29) is 0 Å². The number of hydrogen-bond donors (Lipinski definition) is 1. The quantitative estimate of drug-likeness (QED) is 0.874. The summed E-state index contributed by atoms with van der Waals surface area (Å²) in [7, 11) is 1.67. The molecular weight excluding hydrogens is 214 g/mol. The fourth-order valence-electron chi connectivity index (χ4n) is 1.79. The van der Waals surface area contributed by atoms with E-state index in [1.54, 1.807) is 13.2 Å². The molecular formula is C13H15N3O. The molecule has 0 bridgehead atoms. The molecule has 0 saturated heterocycles. The van der Waals surface area contributed by atoms with Crippen LogP contribution in [0, 0.1) is 6.92 Å². The second-order valence-corrected chi connectivity index (χ2v) is 3.82. The van der Waals surface area contributed by atoms with Crippen molar-refractivity contribution in [2.75, 3.05) is 12.8 Å². The van der Waals surface area contributed by atoms with Crippen molar-refractivity contribution in [3.05, 3.63) is 47.4 Å². The van der Waals surface area contributed by atoms with Gasteiger partial charge in [0.2, 0.25) is 0 Å². The van der Waals surface area contributed by atoms with Crippen molar-refractivity contribution in [2.24, 2.45) is 0 Å². The smallest absolute Gasteiger partial charge is 0.127 e. The third-order valence-corrected chi connectivity index (χ3v) is 2.47. The minimum absolute atomic E-state index is 0.502. The number of ether oxygens (including phenoxy) is 1. The summed E-state index contributed by atoms with van der Waals surface area (Å²) in [4.78, 5) is 8.41. The van der Waals surface area contributed by atoms with Gasteiger partial charge in [0.05, 0.1) is 12.8 Å². The van der Waals surface area contributed by atoms with Gasteiger partial charge in [-0.3, -0.25) is 0 Å². The molecule has 1 aromatic carbocycles. The zero-order chi connectivity index (χ0) is 12.3. The molecule has 0 radical (unpaired) electrons. The Morgan fingerprint density at radius 2 is 2.00 bits per heavy atom. The van der Waals surface area contributed by atoms with E-state index < -0.39 is 0 Å². The minimum Gasteiger partial charge on any atom is -0.496 e. The van der Waals surface area contributed by atoms with Gasteiger partial charge in [0.15, 0.2) is 0 Å². The van der Waals surface area contributed by atoms with Crippen LogP contribution in [0.3, 0.4) is 0 Å². The minimum atomic E-state index is 0.502. The molecule has 1 aromatic heterocycles. The van der Waals surface area contributed by atoms with Gasteiger partial charge >= 0.3 is 0 Å². The molecule has 0 aliphatic heterocycles. The van der Waals surface area contributed by atoms with E-state index in [0.29, 0.717) is 18.1 Å². The molecule has 2 N–H and O–H groups in total. The zero-order valence-corrected chi connectivity index (χ0v) is 9.97. The van der Waals surface area contributed by atoms with Gasteiger partial charge in [-0.2, -0.15) is 0 Å². The Bertz CT molecular complexity index is 506. The van der Waals surface area contributed by atoms with E-state index >= 15 is 0 Å². The Balaban J connectivity index is 2.31. The van der Waals surface area contributed by atoms with Gasteiger partial charge in [-0.05, 0) is 13.0 Å². The van der Waals surface area contributed by atoms with E-state index in [4.69, 9.17) is 10.5 Å². The van der Waals surface area contributed by atoms with Gasteiger partial charge in [-0.25, -0.2) is 9.97 Å². The Kier molecular flexibility index (Phi) is 3.23. The second-order valence-electron chi connectivity index (χ2n) is 3.82. The fourth-order valence-corrected chi connectivity index (χ4v) is 1.79. The first-order valence-corrected chi connectivity index (χ1v) is 5.41. The van der Waals surface area contributed by atoms with Crippen molar-refractivity contribution in [3.8, 4) is 5.75 Å². The Morgan fingerprint density at radius 3 is 2.71 bits per heavy atom. The number of anilines is 1. The first kappa shape index (κ1) is 11.4. The first-order chi connectivity index (χ1) is 8.19. The lowest BCUT2D eigenvalue weighted by atomic mass is 10.1. The number of aromatic nitrogens is 2. The maximum absolute atomic E-state index is 5.70. The topological polar surface area (TPSA) is 61.0 Å². The predicted molar refractivity (Wildman–Crippen MR) is 67.0 cm³/mol. The normalized spacial score (nSPS) is 10.2. The summed E-state index contributed by atoms with van der Waals surface area (Å²) in [6, 6.07) is 9.68. The molecule has 0 unspecified atom stereocenters. The molecule has 0 spiro atoms. The monoisotopic (exact) mass is 229 g/mol. The standard InChI is InChI=1S/C13H15N3O/c1-9-15-11(8-13(14)16-9)7-10-5-3-4-6-12(10)17-2/h3-6,8H,7H2,1-2H3,(H2,14,15,16). The van der Waals surface area contributed by atoms with Crippen LogP contribution in [0.5, 0.6) is 5.75 Å². The van der Waals surface area contributed by atoms with Crippen LogP contribution in [0.15, 0.2) is 30.3 Å². The second kappa shape index (κ2) is 4.82. The van der Waals surface area contributed by atoms with Crippen LogP contribution < -0.4 is 10.5 Å². The van der Waals surface area contributed by atoms with Crippen LogP contribution in [-0.2, 0) is 6.42 Å². The number of aryl methyl sites for hydroxylation is 1. The number of nitrogens with two attached hydrogens (primary N) is 1. The summed E-state index contributed by atoms with van der Waals surface area (Å²) in [6.45, 7) is 1.84. The largest absolute Gasteiger partial charge is 0.496 e. The molecule has 1 heterocycles. The van der Waals surface area contributed by atoms with Gasteiger partial charge in [-0.1, -0.05) is 18.2 Å². The fraction of sp³-hybridized carbons (Fsp3) is 0.231. The third kappa shape index (κ3) is 2.72. The molecule has 0 aliphatic rings. The number of nitrogens with zero attached hydrogens (tertiary/aromatic N) is 2. The van der Waals surface area contributed by atoms with Crippen LogP contribution in [-0.4, -0.2) is 17.1 Å². The molecule has 4 heteroatoms. The van der Waals surface area contributed by atoms with Crippen molar-refractivity contribution in [3.63, 3.8) is 0 Å². The van der Waals surface area contributed by atoms with E-state index in [1.165, 1.54) is 0 Å². The average Bonchev–Trinajstić information content (AvgIpc) is 2.28. The number of nitrogen functional groups attached to an aromatic ring is 1. The lowest BCUT2D eigenvalue weighted by Gasteiger charge is -2.08. The van der Waals surface area contributed by atoms with E-state index in [0.717, 1.165) is 17.0 Å². The number of rotatable bonds is 3. The van der Waals surface area contributed by atoms with Crippen molar-refractivity contribution >= 4 is 5.82 Å². The summed E-state index contributed by atoms with van der Waals surface area (Å²) in [5.41, 5.74) is 7.69. The SMILES string of the molecule is COc1ccccc1Cc1cc(N)nc(C)n1. The summed E-state index contributed by atoms with van der Waals surface area (Å²) in [5, 5.41) is 0. The molecule has 2 aromatic rings. The molecule has 0 amide bonds. The third-order valence-electron chi connectivity index (χ3n) is 2.47. The van der Waals surface area contributed by atoms with Crippen LogP contribution in [0.25, 0.3) is 0 Å². The summed E-state index contributed by atoms with van der Waals surface area (Å²) >= 11 is 0. The van der Waals surface area contributed by atoms with E-state index in [1.807, 2.05) is 31.2 Å². The average molecular weight is 229 g/mol. The Morgan fingerprint density at radius 1 is 1.24 bits per heavy atom. The predicted octanol–water partition coefficient (Wildman–Crippen LogP) is 1.97. The zero-order valence-electron chi connectivity index (χ0n) is 9.97. The van der Waals surface area contributed by atoms with Crippen LogP contribution in [0.2, 0.25) is 0 Å². The van der Waals surface area contributed by atoms with Gasteiger partial charge in [0.1, 0.15) is 17.4 Å². The maximum Gasteiger partial charge on any atom is 0.127 e. The van der Waals surface area contributed by atoms with E-state index in [2.05, 4.69) is 9.97 Å². The van der Waals surface area contributed by atoms with Crippen LogP contribution >= 0.6 is 0 Å². The number of para-hydroxylation sites is 1. The van der Waals surface area contributed by atoms with Gasteiger partial charge in [0.25, 0.3) is 0 Å². The number of benzene rings is 1. The highest BCUT2D eigenvalue weighted by atomic mass is 16.5. The van der Waals surface area contributed by atoms with Crippen molar-refractivity contribution in [1.29, 1.82) is 0 Å². The highest BCUT2D eigenvalue weighted by Gasteiger charge is 2.05. The van der Waals surface area contributed by atoms with Crippen molar-refractivity contribution in [2.45, 2.75) is 13.3 Å². The van der Waals surface area contributed by atoms with E-state index in [9.17, 15) is 0 Å². The van der Waals surface area contributed by atoms with Crippen molar-refractivity contribution < 1.29 is 4.74 Å². The Labute approximate surface area is 100 Å².